The molecule has 0 aliphatic heterocycles. The molecule has 0 bridgehead atoms. The van der Waals surface area contributed by atoms with Gasteiger partial charge in [-0.1, -0.05) is 38.1 Å². The van der Waals surface area contributed by atoms with E-state index in [-0.39, 0.29) is 6.10 Å². The quantitative estimate of drug-likeness (QED) is 0.767. The van der Waals surface area contributed by atoms with Gasteiger partial charge < -0.3 is 14.8 Å². The maximum Gasteiger partial charge on any atom is 0.0811 e. The van der Waals surface area contributed by atoms with Crippen LogP contribution in [0.25, 0.3) is 0 Å². The van der Waals surface area contributed by atoms with Crippen molar-refractivity contribution in [2.24, 2.45) is 5.92 Å². The molecular weight excluding hydrogens is 238 g/mol. The second-order valence-corrected chi connectivity index (χ2v) is 5.55. The van der Waals surface area contributed by atoms with Crippen molar-refractivity contribution >= 4 is 0 Å². The van der Waals surface area contributed by atoms with Gasteiger partial charge in [-0.3, -0.25) is 0 Å². The Labute approximate surface area is 116 Å². The van der Waals surface area contributed by atoms with Crippen LogP contribution in [0.4, 0.5) is 0 Å². The molecule has 0 aromatic heterocycles. The normalized spacial score (nSPS) is 21.9. The largest absolute Gasteiger partial charge is 0.379 e. The lowest BCUT2D eigenvalue weighted by molar-refractivity contribution is -0.00978. The van der Waals surface area contributed by atoms with Crippen molar-refractivity contribution in [2.75, 3.05) is 26.9 Å². The molecule has 0 amide bonds. The Bertz CT molecular complexity index is 392. The first-order valence-electron chi connectivity index (χ1n) is 7.16. The summed E-state index contributed by atoms with van der Waals surface area (Å²) in [5, 5.41) is 3.36. The van der Waals surface area contributed by atoms with Crippen LogP contribution in [-0.2, 0) is 15.9 Å². The highest BCUT2D eigenvalue weighted by Gasteiger charge is 2.31. The summed E-state index contributed by atoms with van der Waals surface area (Å²) in [5.41, 5.74) is 2.77. The zero-order valence-corrected chi connectivity index (χ0v) is 12.2. The third-order valence-corrected chi connectivity index (χ3v) is 3.50. The number of rotatable bonds is 7. The van der Waals surface area contributed by atoms with E-state index in [0.717, 1.165) is 13.0 Å². The van der Waals surface area contributed by atoms with Crippen molar-refractivity contribution in [2.45, 2.75) is 32.4 Å². The number of nitrogens with one attached hydrogen (secondary N) is 1. The Morgan fingerprint density at radius 3 is 2.79 bits per heavy atom. The molecule has 2 rings (SSSR count). The minimum Gasteiger partial charge on any atom is -0.379 e. The van der Waals surface area contributed by atoms with E-state index in [9.17, 15) is 0 Å². The smallest absolute Gasteiger partial charge is 0.0811 e. The van der Waals surface area contributed by atoms with Crippen LogP contribution in [0.5, 0.6) is 0 Å². The first-order valence-corrected chi connectivity index (χ1v) is 7.16. The van der Waals surface area contributed by atoms with Gasteiger partial charge in [0.2, 0.25) is 0 Å². The van der Waals surface area contributed by atoms with Crippen molar-refractivity contribution in [3.05, 3.63) is 35.4 Å². The maximum atomic E-state index is 5.98. The zero-order chi connectivity index (χ0) is 13.7. The summed E-state index contributed by atoms with van der Waals surface area (Å²) in [6.07, 6.45) is 1.22. The van der Waals surface area contributed by atoms with Gasteiger partial charge in [0.1, 0.15) is 0 Å². The topological polar surface area (TPSA) is 30.5 Å². The van der Waals surface area contributed by atoms with Crippen LogP contribution >= 0.6 is 0 Å². The average Bonchev–Trinajstić information content (AvgIpc) is 2.75. The maximum absolute atomic E-state index is 5.98. The molecule has 2 atom stereocenters. The van der Waals surface area contributed by atoms with Gasteiger partial charge in [0.05, 0.1) is 25.4 Å². The Balaban J connectivity index is 1.79. The fraction of sp³-hybridized carbons (Fsp3) is 0.625. The summed E-state index contributed by atoms with van der Waals surface area (Å²) in [6, 6.07) is 8.88. The molecule has 1 N–H and O–H groups in total. The van der Waals surface area contributed by atoms with Crippen molar-refractivity contribution in [3.8, 4) is 0 Å². The Kier molecular flexibility index (Phi) is 5.37. The molecule has 0 spiro atoms. The predicted octanol–water partition coefficient (Wildman–Crippen LogP) is 2.56. The second kappa shape index (κ2) is 7.04. The van der Waals surface area contributed by atoms with Gasteiger partial charge >= 0.3 is 0 Å². The molecular formula is C16H25NO2. The molecule has 0 saturated carbocycles. The minimum absolute atomic E-state index is 0.227. The molecule has 0 saturated heterocycles. The van der Waals surface area contributed by atoms with Crippen LogP contribution in [0.1, 0.15) is 31.0 Å². The summed E-state index contributed by atoms with van der Waals surface area (Å²) >= 11 is 0. The SMILES string of the molecule is CNC1c2ccccc2CC1OCCOCC(C)C. The van der Waals surface area contributed by atoms with Gasteiger partial charge in [0, 0.05) is 13.0 Å². The molecule has 1 aromatic rings. The highest BCUT2D eigenvalue weighted by molar-refractivity contribution is 5.36. The molecule has 1 aliphatic rings. The molecule has 106 valence electrons. The summed E-state index contributed by atoms with van der Waals surface area (Å²) in [6.45, 7) is 6.48. The van der Waals surface area contributed by atoms with E-state index in [1.807, 2.05) is 7.05 Å². The number of ether oxygens (including phenoxy) is 2. The Hall–Kier alpha value is -0.900. The molecule has 1 aliphatic carbocycles. The molecule has 3 nitrogen and oxygen atoms in total. The van der Waals surface area contributed by atoms with E-state index >= 15 is 0 Å². The number of likely N-dealkylation sites (N-methyl/N-ethyl adjacent to an activating group) is 1. The third-order valence-electron chi connectivity index (χ3n) is 3.50. The van der Waals surface area contributed by atoms with E-state index in [1.54, 1.807) is 0 Å². The van der Waals surface area contributed by atoms with Crippen LogP contribution in [0.2, 0.25) is 0 Å². The number of hydrogen-bond acceptors (Lipinski definition) is 3. The Morgan fingerprint density at radius 1 is 1.26 bits per heavy atom. The van der Waals surface area contributed by atoms with Gasteiger partial charge in [-0.2, -0.15) is 0 Å². The predicted molar refractivity (Wildman–Crippen MR) is 77.3 cm³/mol. The first-order chi connectivity index (χ1) is 9.22. The van der Waals surface area contributed by atoms with Crippen LogP contribution in [0.15, 0.2) is 24.3 Å². The standard InChI is InChI=1S/C16H25NO2/c1-12(2)11-18-8-9-19-15-10-13-6-4-5-7-14(13)16(15)17-3/h4-7,12,15-17H,8-11H2,1-3H3. The monoisotopic (exact) mass is 263 g/mol. The lowest BCUT2D eigenvalue weighted by Gasteiger charge is -2.20. The van der Waals surface area contributed by atoms with Crippen molar-refractivity contribution in [1.29, 1.82) is 0 Å². The number of fused-ring (bicyclic) bond motifs is 1. The van der Waals surface area contributed by atoms with Crippen LogP contribution < -0.4 is 5.32 Å². The molecule has 19 heavy (non-hydrogen) atoms. The van der Waals surface area contributed by atoms with Gasteiger partial charge in [0.15, 0.2) is 0 Å². The first kappa shape index (κ1) is 14.5. The van der Waals surface area contributed by atoms with E-state index in [1.165, 1.54) is 11.1 Å². The van der Waals surface area contributed by atoms with Gasteiger partial charge in [0.25, 0.3) is 0 Å². The summed E-state index contributed by atoms with van der Waals surface area (Å²) in [4.78, 5) is 0. The average molecular weight is 263 g/mol. The number of hydrogen-bond donors (Lipinski definition) is 1. The summed E-state index contributed by atoms with van der Waals surface area (Å²) < 4.78 is 11.5. The summed E-state index contributed by atoms with van der Waals surface area (Å²) in [5.74, 6) is 0.584. The number of benzene rings is 1. The minimum atomic E-state index is 0.227. The van der Waals surface area contributed by atoms with Crippen LogP contribution in [0, 0.1) is 5.92 Å². The van der Waals surface area contributed by atoms with Gasteiger partial charge in [-0.05, 0) is 24.1 Å². The molecule has 2 unspecified atom stereocenters. The van der Waals surface area contributed by atoms with Crippen molar-refractivity contribution < 1.29 is 9.47 Å². The van der Waals surface area contributed by atoms with Crippen LogP contribution in [-0.4, -0.2) is 33.0 Å². The van der Waals surface area contributed by atoms with Crippen molar-refractivity contribution in [1.82, 2.24) is 5.32 Å². The highest BCUT2D eigenvalue weighted by atomic mass is 16.5. The molecule has 0 heterocycles. The summed E-state index contributed by atoms with van der Waals surface area (Å²) in [7, 11) is 2.00. The zero-order valence-electron chi connectivity index (χ0n) is 12.2. The van der Waals surface area contributed by atoms with Gasteiger partial charge in [-0.25, -0.2) is 0 Å². The van der Waals surface area contributed by atoms with E-state index in [0.29, 0.717) is 25.2 Å². The molecule has 0 radical (unpaired) electrons. The molecule has 3 heteroatoms. The van der Waals surface area contributed by atoms with Crippen molar-refractivity contribution in [3.63, 3.8) is 0 Å². The van der Waals surface area contributed by atoms with E-state index in [4.69, 9.17) is 9.47 Å². The van der Waals surface area contributed by atoms with E-state index in [2.05, 4.69) is 43.4 Å². The molecule has 1 aromatic carbocycles. The lowest BCUT2D eigenvalue weighted by atomic mass is 10.1. The molecule has 0 fully saturated rings. The lowest BCUT2D eigenvalue weighted by Crippen LogP contribution is -2.29. The Morgan fingerprint density at radius 2 is 2.05 bits per heavy atom. The fourth-order valence-electron chi connectivity index (χ4n) is 2.63. The van der Waals surface area contributed by atoms with Gasteiger partial charge in [-0.15, -0.1) is 0 Å². The fourth-order valence-corrected chi connectivity index (χ4v) is 2.63. The van der Waals surface area contributed by atoms with Crippen LogP contribution in [0.3, 0.4) is 0 Å². The highest BCUT2D eigenvalue weighted by Crippen LogP contribution is 2.32. The second-order valence-electron chi connectivity index (χ2n) is 5.55. The third kappa shape index (κ3) is 3.78. The van der Waals surface area contributed by atoms with E-state index < -0.39 is 0 Å².